The summed E-state index contributed by atoms with van der Waals surface area (Å²) < 4.78 is 43.1. The highest BCUT2D eigenvalue weighted by Gasteiger charge is 2.29. The van der Waals surface area contributed by atoms with E-state index in [1.54, 1.807) is 26.1 Å². The molecule has 2 rings (SSSR count). The second-order valence-electron chi connectivity index (χ2n) is 6.58. The Labute approximate surface area is 196 Å². The number of methoxy groups -OCH3 is 1. The average Bonchev–Trinajstić information content (AvgIpc) is 2.72. The third kappa shape index (κ3) is 8.64. The van der Waals surface area contributed by atoms with Gasteiger partial charge in [-0.3, -0.25) is 9.79 Å². The van der Waals surface area contributed by atoms with Crippen LogP contribution in [0.2, 0.25) is 0 Å². The maximum absolute atomic E-state index is 12.7. The second-order valence-corrected chi connectivity index (χ2v) is 6.58. The van der Waals surface area contributed by atoms with Crippen LogP contribution in [0, 0.1) is 0 Å². The van der Waals surface area contributed by atoms with Crippen molar-refractivity contribution >= 4 is 35.8 Å². The van der Waals surface area contributed by atoms with Crippen LogP contribution in [0.25, 0.3) is 0 Å². The number of benzene rings is 2. The molecule has 0 radical (unpaired) electrons. The van der Waals surface area contributed by atoms with Gasteiger partial charge in [-0.1, -0.05) is 24.3 Å². The molecule has 170 valence electrons. The van der Waals surface area contributed by atoms with Gasteiger partial charge < -0.3 is 20.3 Å². The number of ether oxygens (including phenoxy) is 1. The van der Waals surface area contributed by atoms with Gasteiger partial charge in [0.15, 0.2) is 5.96 Å². The van der Waals surface area contributed by atoms with E-state index in [1.165, 1.54) is 12.1 Å². The van der Waals surface area contributed by atoms with Gasteiger partial charge in [0.2, 0.25) is 5.91 Å². The summed E-state index contributed by atoms with van der Waals surface area (Å²) in [5, 5.41) is 5.75. The van der Waals surface area contributed by atoms with Gasteiger partial charge in [-0.25, -0.2) is 0 Å². The summed E-state index contributed by atoms with van der Waals surface area (Å²) in [4.78, 5) is 17.9. The number of hydrogen-bond donors (Lipinski definition) is 2. The Morgan fingerprint density at radius 2 is 1.61 bits per heavy atom. The molecule has 0 heterocycles. The predicted octanol–water partition coefficient (Wildman–Crippen LogP) is 3.66. The van der Waals surface area contributed by atoms with Crippen LogP contribution in [0.3, 0.4) is 0 Å². The number of amides is 1. The lowest BCUT2D eigenvalue weighted by Gasteiger charge is -2.22. The van der Waals surface area contributed by atoms with Gasteiger partial charge in [0.25, 0.3) is 0 Å². The van der Waals surface area contributed by atoms with E-state index in [0.717, 1.165) is 23.4 Å². The van der Waals surface area contributed by atoms with Gasteiger partial charge in [-0.15, -0.1) is 24.0 Å². The highest BCUT2D eigenvalue weighted by molar-refractivity contribution is 14.0. The fraction of sp³-hybridized carbons (Fsp3) is 0.333. The zero-order valence-corrected chi connectivity index (χ0v) is 19.8. The third-order valence-corrected chi connectivity index (χ3v) is 4.33. The van der Waals surface area contributed by atoms with Crippen molar-refractivity contribution in [1.29, 1.82) is 0 Å². The molecule has 10 heteroatoms. The quantitative estimate of drug-likeness (QED) is 0.314. The molecule has 31 heavy (non-hydrogen) atoms. The molecule has 0 aliphatic heterocycles. The Balaban J connectivity index is 0.00000480. The first kappa shape index (κ1) is 26.5. The van der Waals surface area contributed by atoms with Crippen LogP contribution in [0.1, 0.15) is 16.7 Å². The SMILES string of the molecule is CN=C(NCC(=O)NCc1ccc(OC)cc1)N(C)Cc1ccc(C(F)(F)F)cc1.I. The molecular weight excluding hydrogens is 524 g/mol. The Kier molecular flexibility index (Phi) is 10.6. The first-order chi connectivity index (χ1) is 14.2. The van der Waals surface area contributed by atoms with E-state index in [4.69, 9.17) is 4.74 Å². The van der Waals surface area contributed by atoms with Crippen molar-refractivity contribution in [3.05, 3.63) is 65.2 Å². The van der Waals surface area contributed by atoms with Crippen molar-refractivity contribution in [2.24, 2.45) is 4.99 Å². The van der Waals surface area contributed by atoms with Gasteiger partial charge in [0, 0.05) is 27.2 Å². The maximum Gasteiger partial charge on any atom is 0.416 e. The van der Waals surface area contributed by atoms with E-state index < -0.39 is 11.7 Å². The van der Waals surface area contributed by atoms with Crippen LogP contribution in [0.15, 0.2) is 53.5 Å². The molecule has 6 nitrogen and oxygen atoms in total. The Morgan fingerprint density at radius 3 is 2.13 bits per heavy atom. The summed E-state index contributed by atoms with van der Waals surface area (Å²) in [6.45, 7) is 0.732. The summed E-state index contributed by atoms with van der Waals surface area (Å²) in [6, 6.07) is 12.3. The minimum atomic E-state index is -4.36. The van der Waals surface area contributed by atoms with E-state index in [0.29, 0.717) is 24.6 Å². The van der Waals surface area contributed by atoms with Gasteiger partial charge >= 0.3 is 6.18 Å². The van der Waals surface area contributed by atoms with Gasteiger partial charge in [0.1, 0.15) is 5.75 Å². The molecule has 0 aliphatic carbocycles. The second kappa shape index (κ2) is 12.4. The molecule has 0 atom stereocenters. The van der Waals surface area contributed by atoms with Crippen molar-refractivity contribution in [3.63, 3.8) is 0 Å². The Bertz CT molecular complexity index is 856. The van der Waals surface area contributed by atoms with Crippen LogP contribution < -0.4 is 15.4 Å². The highest BCUT2D eigenvalue weighted by atomic mass is 127. The van der Waals surface area contributed by atoms with Crippen molar-refractivity contribution in [3.8, 4) is 5.75 Å². The lowest BCUT2D eigenvalue weighted by atomic mass is 10.1. The zero-order chi connectivity index (χ0) is 22.1. The molecule has 0 fully saturated rings. The molecule has 0 spiro atoms. The molecule has 0 saturated heterocycles. The summed E-state index contributed by atoms with van der Waals surface area (Å²) >= 11 is 0. The van der Waals surface area contributed by atoms with Crippen LogP contribution >= 0.6 is 24.0 Å². The summed E-state index contributed by atoms with van der Waals surface area (Å²) in [5.41, 5.74) is 0.940. The maximum atomic E-state index is 12.7. The normalized spacial score (nSPS) is 11.4. The van der Waals surface area contributed by atoms with E-state index in [2.05, 4.69) is 15.6 Å². The lowest BCUT2D eigenvalue weighted by Crippen LogP contribution is -2.43. The predicted molar refractivity (Wildman–Crippen MR) is 125 cm³/mol. The molecule has 2 aromatic carbocycles. The molecule has 0 aromatic heterocycles. The highest BCUT2D eigenvalue weighted by Crippen LogP contribution is 2.29. The van der Waals surface area contributed by atoms with Crippen LogP contribution in [-0.4, -0.2) is 44.5 Å². The summed E-state index contributed by atoms with van der Waals surface area (Å²) in [5.74, 6) is 0.982. The Hall–Kier alpha value is -2.50. The number of nitrogens with zero attached hydrogens (tertiary/aromatic N) is 2. The standard InChI is InChI=1S/C21H25F3N4O2.HI/c1-25-20(28(2)14-16-4-8-17(9-5-16)21(22,23)24)27-13-19(29)26-12-15-6-10-18(30-3)11-7-15;/h4-11H,12-14H2,1-3H3,(H,25,27)(H,26,29);1H. The molecule has 2 aromatic rings. The first-order valence-corrected chi connectivity index (χ1v) is 9.20. The van der Waals surface area contributed by atoms with Crippen molar-refractivity contribution < 1.29 is 22.7 Å². The molecule has 0 unspecified atom stereocenters. The number of guanidine groups is 1. The minimum Gasteiger partial charge on any atom is -0.497 e. The average molecular weight is 550 g/mol. The van der Waals surface area contributed by atoms with Crippen LogP contribution in [0.4, 0.5) is 13.2 Å². The third-order valence-electron chi connectivity index (χ3n) is 4.33. The number of nitrogens with one attached hydrogen (secondary N) is 2. The molecule has 1 amide bonds. The number of carbonyl (C=O) groups is 1. The first-order valence-electron chi connectivity index (χ1n) is 9.20. The minimum absolute atomic E-state index is 0. The van der Waals surface area contributed by atoms with Crippen molar-refractivity contribution in [2.45, 2.75) is 19.3 Å². The Morgan fingerprint density at radius 1 is 1.03 bits per heavy atom. The smallest absolute Gasteiger partial charge is 0.416 e. The number of halogens is 4. The lowest BCUT2D eigenvalue weighted by molar-refractivity contribution is -0.137. The molecule has 0 saturated carbocycles. The van der Waals surface area contributed by atoms with Gasteiger partial charge in [-0.05, 0) is 35.4 Å². The molecule has 0 bridgehead atoms. The van der Waals surface area contributed by atoms with E-state index >= 15 is 0 Å². The molecule has 0 aliphatic rings. The largest absolute Gasteiger partial charge is 0.497 e. The topological polar surface area (TPSA) is 66.0 Å². The van der Waals surface area contributed by atoms with Crippen LogP contribution in [0.5, 0.6) is 5.75 Å². The van der Waals surface area contributed by atoms with E-state index in [-0.39, 0.29) is 36.4 Å². The molecule has 2 N–H and O–H groups in total. The summed E-state index contributed by atoms with van der Waals surface area (Å²) in [6.07, 6.45) is -4.36. The van der Waals surface area contributed by atoms with Gasteiger partial charge in [0.05, 0.1) is 19.2 Å². The number of aliphatic imine (C=N–C) groups is 1. The number of hydrogen-bond acceptors (Lipinski definition) is 3. The number of rotatable bonds is 7. The van der Waals surface area contributed by atoms with Gasteiger partial charge in [-0.2, -0.15) is 13.2 Å². The van der Waals surface area contributed by atoms with Crippen LogP contribution in [-0.2, 0) is 24.1 Å². The monoisotopic (exact) mass is 550 g/mol. The van der Waals surface area contributed by atoms with Crippen molar-refractivity contribution in [2.75, 3.05) is 27.7 Å². The fourth-order valence-corrected chi connectivity index (χ4v) is 2.70. The fourth-order valence-electron chi connectivity index (χ4n) is 2.70. The van der Waals surface area contributed by atoms with E-state index in [9.17, 15) is 18.0 Å². The summed E-state index contributed by atoms with van der Waals surface area (Å²) in [7, 11) is 4.90. The van der Waals surface area contributed by atoms with E-state index in [1.807, 2.05) is 24.3 Å². The number of alkyl halides is 3. The zero-order valence-electron chi connectivity index (χ0n) is 17.5. The van der Waals surface area contributed by atoms with Crippen molar-refractivity contribution in [1.82, 2.24) is 15.5 Å². The number of carbonyl (C=O) groups excluding carboxylic acids is 1. The molecular formula is C21H26F3IN4O2.